The molecule has 25 heavy (non-hydrogen) atoms. The summed E-state index contributed by atoms with van der Waals surface area (Å²) < 4.78 is 16.2. The van der Waals surface area contributed by atoms with Crippen LogP contribution < -0.4 is 10.6 Å². The van der Waals surface area contributed by atoms with Crippen LogP contribution in [-0.4, -0.2) is 74.2 Å². The van der Waals surface area contributed by atoms with E-state index >= 15 is 0 Å². The zero-order valence-electron chi connectivity index (χ0n) is 15.5. The molecular weight excluding hydrogens is 326 g/mol. The van der Waals surface area contributed by atoms with Crippen molar-refractivity contribution in [2.45, 2.75) is 57.8 Å². The number of hydrogen-bond acceptors (Lipinski definition) is 5. The molecule has 0 saturated carbocycles. The highest BCUT2D eigenvalue weighted by Gasteiger charge is 2.30. The third-order valence-electron chi connectivity index (χ3n) is 4.13. The quantitative estimate of drug-likeness (QED) is 0.796. The Labute approximate surface area is 149 Å². The first kappa shape index (κ1) is 19.8. The minimum absolute atomic E-state index is 0.0383. The Morgan fingerprint density at radius 2 is 1.92 bits per heavy atom. The van der Waals surface area contributed by atoms with Crippen LogP contribution in [0.4, 0.5) is 9.59 Å². The predicted octanol–water partition coefficient (Wildman–Crippen LogP) is 1.49. The van der Waals surface area contributed by atoms with Gasteiger partial charge in [0, 0.05) is 19.6 Å². The van der Waals surface area contributed by atoms with Crippen molar-refractivity contribution in [3.8, 4) is 0 Å². The lowest BCUT2D eigenvalue weighted by molar-refractivity contribution is -0.0853. The third kappa shape index (κ3) is 7.07. The van der Waals surface area contributed by atoms with Crippen molar-refractivity contribution < 1.29 is 23.8 Å². The first-order valence-corrected chi connectivity index (χ1v) is 9.06. The van der Waals surface area contributed by atoms with E-state index in [1.165, 1.54) is 0 Å². The van der Waals surface area contributed by atoms with Gasteiger partial charge in [-0.25, -0.2) is 9.59 Å². The van der Waals surface area contributed by atoms with Crippen LogP contribution in [0, 0.1) is 0 Å². The van der Waals surface area contributed by atoms with E-state index in [0.717, 1.165) is 19.3 Å². The molecule has 2 N–H and O–H groups in total. The van der Waals surface area contributed by atoms with E-state index in [0.29, 0.717) is 39.5 Å². The Bertz CT molecular complexity index is 446. The predicted molar refractivity (Wildman–Crippen MR) is 92.5 cm³/mol. The van der Waals surface area contributed by atoms with Gasteiger partial charge in [-0.05, 0) is 40.0 Å². The summed E-state index contributed by atoms with van der Waals surface area (Å²) in [5.41, 5.74) is -0.522. The van der Waals surface area contributed by atoms with Crippen LogP contribution in [0.25, 0.3) is 0 Å². The van der Waals surface area contributed by atoms with Crippen molar-refractivity contribution in [3.63, 3.8) is 0 Å². The highest BCUT2D eigenvalue weighted by Crippen LogP contribution is 2.20. The number of ether oxygens (including phenoxy) is 3. The molecule has 2 heterocycles. The molecule has 0 aromatic rings. The van der Waals surface area contributed by atoms with Crippen LogP contribution in [0.5, 0.6) is 0 Å². The summed E-state index contributed by atoms with van der Waals surface area (Å²) in [4.78, 5) is 26.1. The molecule has 8 nitrogen and oxygen atoms in total. The van der Waals surface area contributed by atoms with Crippen molar-refractivity contribution in [1.29, 1.82) is 0 Å². The van der Waals surface area contributed by atoms with E-state index in [2.05, 4.69) is 10.6 Å². The standard InChI is InChI=1S/C17H31N3O5/c1-17(2,3)25-16(22)20-7-5-4-6-13(20)10-18-15(21)19-11-14-12-23-8-9-24-14/h13-14H,4-12H2,1-3H3,(H2,18,19,21)/t13-,14-/m0/s1. The third-order valence-corrected chi connectivity index (χ3v) is 4.13. The molecule has 144 valence electrons. The number of urea groups is 1. The van der Waals surface area contributed by atoms with E-state index in [1.54, 1.807) is 4.90 Å². The summed E-state index contributed by atoms with van der Waals surface area (Å²) in [6.45, 7) is 8.70. The summed E-state index contributed by atoms with van der Waals surface area (Å²) in [5.74, 6) is 0. The molecule has 0 aromatic carbocycles. The maximum absolute atomic E-state index is 12.3. The minimum atomic E-state index is -0.522. The number of likely N-dealkylation sites (tertiary alicyclic amines) is 1. The molecule has 0 aliphatic carbocycles. The first-order valence-electron chi connectivity index (χ1n) is 9.06. The summed E-state index contributed by atoms with van der Waals surface area (Å²) in [6.07, 6.45) is 2.44. The average Bonchev–Trinajstić information content (AvgIpc) is 2.58. The number of nitrogens with one attached hydrogen (secondary N) is 2. The van der Waals surface area contributed by atoms with Gasteiger partial charge in [-0.15, -0.1) is 0 Å². The Morgan fingerprint density at radius 1 is 1.16 bits per heavy atom. The summed E-state index contributed by atoms with van der Waals surface area (Å²) in [6, 6.07) is -0.299. The van der Waals surface area contributed by atoms with E-state index in [1.807, 2.05) is 20.8 Å². The van der Waals surface area contributed by atoms with Gasteiger partial charge >= 0.3 is 12.1 Å². The minimum Gasteiger partial charge on any atom is -0.444 e. The second kappa shape index (κ2) is 9.24. The molecule has 2 aliphatic rings. The second-order valence-corrected chi connectivity index (χ2v) is 7.48. The van der Waals surface area contributed by atoms with Crippen LogP contribution in [0.1, 0.15) is 40.0 Å². The lowest BCUT2D eigenvalue weighted by Crippen LogP contribution is -2.52. The molecule has 3 amide bonds. The molecule has 0 unspecified atom stereocenters. The van der Waals surface area contributed by atoms with Crippen LogP contribution in [0.3, 0.4) is 0 Å². The van der Waals surface area contributed by atoms with E-state index in [9.17, 15) is 9.59 Å². The summed E-state index contributed by atoms with van der Waals surface area (Å²) in [5, 5.41) is 5.63. The smallest absolute Gasteiger partial charge is 0.410 e. The largest absolute Gasteiger partial charge is 0.444 e. The number of rotatable bonds is 4. The summed E-state index contributed by atoms with van der Waals surface area (Å²) >= 11 is 0. The van der Waals surface area contributed by atoms with Crippen LogP contribution in [0.2, 0.25) is 0 Å². The zero-order chi connectivity index (χ0) is 18.3. The second-order valence-electron chi connectivity index (χ2n) is 7.48. The van der Waals surface area contributed by atoms with Crippen LogP contribution >= 0.6 is 0 Å². The maximum atomic E-state index is 12.3. The lowest BCUT2D eigenvalue weighted by atomic mass is 10.0. The average molecular weight is 357 g/mol. The van der Waals surface area contributed by atoms with Crippen molar-refractivity contribution in [3.05, 3.63) is 0 Å². The molecule has 0 radical (unpaired) electrons. The lowest BCUT2D eigenvalue weighted by Gasteiger charge is -2.36. The Morgan fingerprint density at radius 3 is 2.60 bits per heavy atom. The van der Waals surface area contributed by atoms with Gasteiger partial charge in [-0.1, -0.05) is 0 Å². The molecule has 2 rings (SSSR count). The van der Waals surface area contributed by atoms with Gasteiger partial charge in [0.15, 0.2) is 0 Å². The Hall–Kier alpha value is -1.54. The van der Waals surface area contributed by atoms with Crippen LogP contribution in [-0.2, 0) is 14.2 Å². The fraction of sp³-hybridized carbons (Fsp3) is 0.882. The SMILES string of the molecule is CC(C)(C)OC(=O)N1CCCC[C@H]1CNC(=O)NC[C@H]1COCCO1. The number of piperidine rings is 1. The molecule has 8 heteroatoms. The number of carbonyl (C=O) groups is 2. The van der Waals surface area contributed by atoms with Gasteiger partial charge < -0.3 is 29.7 Å². The fourth-order valence-electron chi connectivity index (χ4n) is 2.91. The van der Waals surface area contributed by atoms with Gasteiger partial charge in [0.2, 0.25) is 0 Å². The number of carbonyl (C=O) groups excluding carboxylic acids is 2. The van der Waals surface area contributed by atoms with Crippen molar-refractivity contribution in [2.75, 3.05) is 39.5 Å². The van der Waals surface area contributed by atoms with Gasteiger partial charge in [0.1, 0.15) is 5.60 Å². The van der Waals surface area contributed by atoms with E-state index < -0.39 is 5.60 Å². The first-order chi connectivity index (χ1) is 11.8. The molecule has 0 bridgehead atoms. The molecule has 2 aliphatic heterocycles. The molecule has 2 atom stereocenters. The van der Waals surface area contributed by atoms with Gasteiger partial charge in [0.05, 0.1) is 32.0 Å². The van der Waals surface area contributed by atoms with Crippen molar-refractivity contribution in [1.82, 2.24) is 15.5 Å². The van der Waals surface area contributed by atoms with Gasteiger partial charge in [-0.3, -0.25) is 0 Å². The number of hydrogen-bond donors (Lipinski definition) is 2. The maximum Gasteiger partial charge on any atom is 0.410 e. The highest BCUT2D eigenvalue weighted by atomic mass is 16.6. The summed E-state index contributed by atoms with van der Waals surface area (Å²) in [7, 11) is 0. The molecule has 0 aromatic heterocycles. The van der Waals surface area contributed by atoms with E-state index in [-0.39, 0.29) is 24.3 Å². The molecule has 2 saturated heterocycles. The zero-order valence-corrected chi connectivity index (χ0v) is 15.5. The van der Waals surface area contributed by atoms with Gasteiger partial charge in [0.25, 0.3) is 0 Å². The topological polar surface area (TPSA) is 89.1 Å². The Kier molecular flexibility index (Phi) is 7.31. The van der Waals surface area contributed by atoms with Crippen LogP contribution in [0.15, 0.2) is 0 Å². The number of nitrogens with zero attached hydrogens (tertiary/aromatic N) is 1. The van der Waals surface area contributed by atoms with E-state index in [4.69, 9.17) is 14.2 Å². The molecule has 0 spiro atoms. The normalized spacial score (nSPS) is 24.5. The number of amides is 3. The van der Waals surface area contributed by atoms with Gasteiger partial charge in [-0.2, -0.15) is 0 Å². The fourth-order valence-corrected chi connectivity index (χ4v) is 2.91. The molecule has 2 fully saturated rings. The Balaban J connectivity index is 1.74. The molecular formula is C17H31N3O5. The highest BCUT2D eigenvalue weighted by molar-refractivity contribution is 5.74. The van der Waals surface area contributed by atoms with Crippen molar-refractivity contribution >= 4 is 12.1 Å². The monoisotopic (exact) mass is 357 g/mol. The van der Waals surface area contributed by atoms with Crippen molar-refractivity contribution in [2.24, 2.45) is 0 Å².